The monoisotopic (exact) mass is 769 g/mol. The number of amides is 5. The van der Waals surface area contributed by atoms with E-state index in [0.717, 1.165) is 24.0 Å². The van der Waals surface area contributed by atoms with Gasteiger partial charge in [-0.1, -0.05) is 63.1 Å². The summed E-state index contributed by atoms with van der Waals surface area (Å²) in [5.41, 5.74) is 0.282. The molecule has 6 atom stereocenters. The minimum atomic E-state index is -3.91. The maximum atomic E-state index is 14.4. The molecule has 16 heteroatoms. The topological polar surface area (TPSA) is 190 Å². The number of nitrogens with one attached hydrogen (secondary N) is 3. The summed E-state index contributed by atoms with van der Waals surface area (Å²) in [7, 11) is -3.91. The van der Waals surface area contributed by atoms with Gasteiger partial charge in [0.1, 0.15) is 29.8 Å². The fraction of sp³-hybridized carbons (Fsp3) is 0.658. The summed E-state index contributed by atoms with van der Waals surface area (Å²) < 4.78 is 44.7. The molecule has 4 heterocycles. The number of ether oxygens (including phenoxy) is 3. The van der Waals surface area contributed by atoms with Crippen LogP contribution < -0.4 is 15.4 Å². The Morgan fingerprint density at radius 1 is 1.00 bits per heavy atom. The third-order valence-electron chi connectivity index (χ3n) is 11.5. The summed E-state index contributed by atoms with van der Waals surface area (Å²) in [6.45, 7) is 5.46. The van der Waals surface area contributed by atoms with Gasteiger partial charge in [-0.3, -0.25) is 19.1 Å². The SMILES string of the molecule is CC1(C)CN(C(=O)O[C@@H]2C[C@H]3C(=O)N[C@]4(C(=O)NS(=O)(=O)C5CC5)C[C@@H]4/C=C\CCCCC[C@H](NC(=O)O[C@H]4CCOC4)C(=O)N3C2)Cc2ccccc21. The molecule has 294 valence electrons. The third kappa shape index (κ3) is 8.24. The summed E-state index contributed by atoms with van der Waals surface area (Å²) in [5.74, 6) is -2.48. The molecule has 2 saturated carbocycles. The number of sulfonamides is 1. The maximum Gasteiger partial charge on any atom is 0.410 e. The van der Waals surface area contributed by atoms with Gasteiger partial charge < -0.3 is 34.6 Å². The van der Waals surface area contributed by atoms with Gasteiger partial charge in [0.15, 0.2) is 0 Å². The number of carbonyl (C=O) groups is 5. The van der Waals surface area contributed by atoms with Crippen LogP contribution in [0.2, 0.25) is 0 Å². The first-order chi connectivity index (χ1) is 25.8. The number of hydrogen-bond acceptors (Lipinski definition) is 10. The van der Waals surface area contributed by atoms with Crippen LogP contribution in [0.4, 0.5) is 9.59 Å². The smallest absolute Gasteiger partial charge is 0.410 e. The summed E-state index contributed by atoms with van der Waals surface area (Å²) in [6.07, 6.45) is 5.78. The summed E-state index contributed by atoms with van der Waals surface area (Å²) >= 11 is 0. The van der Waals surface area contributed by atoms with Crippen molar-refractivity contribution in [3.63, 3.8) is 0 Å². The van der Waals surface area contributed by atoms with Gasteiger partial charge in [-0.05, 0) is 49.7 Å². The molecule has 15 nitrogen and oxygen atoms in total. The largest absolute Gasteiger partial charge is 0.444 e. The number of fused-ring (bicyclic) bond motifs is 3. The summed E-state index contributed by atoms with van der Waals surface area (Å²) in [4.78, 5) is 72.1. The van der Waals surface area contributed by atoms with Crippen LogP contribution in [-0.4, -0.2) is 110 Å². The molecule has 5 amide bonds. The van der Waals surface area contributed by atoms with Gasteiger partial charge in [0.2, 0.25) is 21.8 Å². The van der Waals surface area contributed by atoms with E-state index in [1.54, 1.807) is 4.90 Å². The molecule has 54 heavy (non-hydrogen) atoms. The van der Waals surface area contributed by atoms with E-state index >= 15 is 0 Å². The van der Waals surface area contributed by atoms with Crippen molar-refractivity contribution in [2.24, 2.45) is 5.92 Å². The lowest BCUT2D eigenvalue weighted by Crippen LogP contribution is -2.58. The van der Waals surface area contributed by atoms with Gasteiger partial charge in [0.05, 0.1) is 25.0 Å². The second-order valence-corrected chi connectivity index (χ2v) is 18.2. The van der Waals surface area contributed by atoms with E-state index < -0.39 is 80.9 Å². The lowest BCUT2D eigenvalue weighted by Gasteiger charge is -2.39. The van der Waals surface area contributed by atoms with Crippen molar-refractivity contribution >= 4 is 39.9 Å². The number of alkyl carbamates (subject to hydrolysis) is 1. The van der Waals surface area contributed by atoms with Crippen molar-refractivity contribution in [1.82, 2.24) is 25.2 Å². The Labute approximate surface area is 315 Å². The van der Waals surface area contributed by atoms with Crippen LogP contribution in [0.1, 0.15) is 89.2 Å². The quantitative estimate of drug-likeness (QED) is 0.363. The highest BCUT2D eigenvalue weighted by Crippen LogP contribution is 2.46. The first-order valence-corrected chi connectivity index (χ1v) is 20.7. The van der Waals surface area contributed by atoms with Crippen molar-refractivity contribution in [2.75, 3.05) is 26.3 Å². The van der Waals surface area contributed by atoms with E-state index in [1.807, 2.05) is 30.4 Å². The molecule has 0 bridgehead atoms. The average Bonchev–Trinajstić information content (AvgIpc) is 4.00. The van der Waals surface area contributed by atoms with Gasteiger partial charge in [-0.2, -0.15) is 0 Å². The van der Waals surface area contributed by atoms with Gasteiger partial charge in [0, 0.05) is 37.3 Å². The first-order valence-electron chi connectivity index (χ1n) is 19.2. The highest BCUT2D eigenvalue weighted by molar-refractivity contribution is 7.91. The second kappa shape index (κ2) is 15.2. The van der Waals surface area contributed by atoms with Crippen LogP contribution in [0.5, 0.6) is 0 Å². The molecule has 1 aromatic rings. The zero-order valence-electron chi connectivity index (χ0n) is 30.9. The number of allylic oxidation sites excluding steroid dienone is 1. The van der Waals surface area contributed by atoms with E-state index in [2.05, 4.69) is 35.3 Å². The lowest BCUT2D eigenvalue weighted by atomic mass is 9.78. The van der Waals surface area contributed by atoms with Gasteiger partial charge >= 0.3 is 12.2 Å². The predicted molar refractivity (Wildman–Crippen MR) is 194 cm³/mol. The van der Waals surface area contributed by atoms with Gasteiger partial charge in [0.25, 0.3) is 5.91 Å². The van der Waals surface area contributed by atoms with Crippen molar-refractivity contribution in [1.29, 1.82) is 0 Å². The lowest BCUT2D eigenvalue weighted by molar-refractivity contribution is -0.141. The van der Waals surface area contributed by atoms with E-state index in [0.29, 0.717) is 51.8 Å². The van der Waals surface area contributed by atoms with Gasteiger partial charge in [-0.15, -0.1) is 0 Å². The van der Waals surface area contributed by atoms with Crippen molar-refractivity contribution in [2.45, 2.75) is 125 Å². The Morgan fingerprint density at radius 3 is 2.56 bits per heavy atom. The minimum Gasteiger partial charge on any atom is -0.444 e. The Morgan fingerprint density at radius 2 is 1.80 bits per heavy atom. The number of hydrogen-bond donors (Lipinski definition) is 3. The Bertz CT molecular complexity index is 1790. The second-order valence-electron chi connectivity index (χ2n) is 16.2. The minimum absolute atomic E-state index is 0.0632. The van der Waals surface area contributed by atoms with E-state index in [9.17, 15) is 32.4 Å². The molecule has 2 saturated heterocycles. The molecule has 6 aliphatic rings. The maximum absolute atomic E-state index is 14.4. The Kier molecular flexibility index (Phi) is 10.7. The van der Waals surface area contributed by atoms with Crippen LogP contribution in [0.25, 0.3) is 0 Å². The molecular weight excluding hydrogens is 719 g/mol. The van der Waals surface area contributed by atoms with Gasteiger partial charge in [-0.25, -0.2) is 18.0 Å². The van der Waals surface area contributed by atoms with E-state index in [1.165, 1.54) is 4.90 Å². The van der Waals surface area contributed by atoms with Crippen molar-refractivity contribution < 1.29 is 46.6 Å². The molecule has 0 aromatic heterocycles. The molecule has 7 rings (SSSR count). The van der Waals surface area contributed by atoms with Crippen LogP contribution in [-0.2, 0) is 50.6 Å². The Balaban J connectivity index is 1.13. The molecule has 0 unspecified atom stereocenters. The summed E-state index contributed by atoms with van der Waals surface area (Å²) in [6, 6.07) is 5.71. The molecule has 3 N–H and O–H groups in total. The molecule has 0 spiro atoms. The van der Waals surface area contributed by atoms with Crippen LogP contribution in [0.3, 0.4) is 0 Å². The number of carbonyl (C=O) groups excluding carboxylic acids is 5. The average molecular weight is 770 g/mol. The number of rotatable bonds is 6. The van der Waals surface area contributed by atoms with E-state index in [-0.39, 0.29) is 37.8 Å². The number of benzene rings is 1. The highest BCUT2D eigenvalue weighted by Gasteiger charge is 2.62. The normalized spacial score (nSPS) is 31.7. The molecule has 2 aliphatic carbocycles. The Hall–Kier alpha value is -4.18. The fourth-order valence-electron chi connectivity index (χ4n) is 8.27. The standard InChI is InChI=1S/C38H51N5O10S/c1-37(2)23-42(20-24-10-8-9-12-29(24)37)36(48)53-27-18-31-32(44)40-38(34(46)41-54(49,50)28-14-15-28)19-25(38)11-6-4-3-5-7-13-30(33(45)43(31)21-27)39-35(47)52-26-16-17-51-22-26/h6,8-12,25-28,30-31H,3-5,7,13-23H2,1-2H3,(H,39,47)(H,40,44)(H,41,46)/b11-6-/t25-,26-,27+,30-,31-,38+/m0/s1. The molecule has 0 radical (unpaired) electrons. The van der Waals surface area contributed by atoms with Crippen LogP contribution in [0.15, 0.2) is 36.4 Å². The number of nitrogens with zero attached hydrogens (tertiary/aromatic N) is 2. The predicted octanol–water partition coefficient (Wildman–Crippen LogP) is 2.77. The summed E-state index contributed by atoms with van der Waals surface area (Å²) in [5, 5.41) is 4.92. The zero-order valence-corrected chi connectivity index (χ0v) is 31.7. The third-order valence-corrected chi connectivity index (χ3v) is 13.3. The molecule has 4 fully saturated rings. The van der Waals surface area contributed by atoms with Crippen LogP contribution >= 0.6 is 0 Å². The van der Waals surface area contributed by atoms with Crippen molar-refractivity contribution in [3.8, 4) is 0 Å². The molecular formula is C38H51N5O10S. The van der Waals surface area contributed by atoms with Crippen molar-refractivity contribution in [3.05, 3.63) is 47.5 Å². The first kappa shape index (κ1) is 38.1. The zero-order chi connectivity index (χ0) is 38.3. The molecule has 1 aromatic carbocycles. The fourth-order valence-corrected chi connectivity index (χ4v) is 9.63. The molecule has 4 aliphatic heterocycles. The van der Waals surface area contributed by atoms with Crippen LogP contribution in [0, 0.1) is 5.92 Å². The highest BCUT2D eigenvalue weighted by atomic mass is 32.2. The van der Waals surface area contributed by atoms with E-state index in [4.69, 9.17) is 14.2 Å².